The molecular weight excluding hydrogens is 563 g/mol. The van der Waals surface area contributed by atoms with E-state index in [2.05, 4.69) is 10.6 Å². The first-order chi connectivity index (χ1) is 18.3. The number of amides is 3. The highest BCUT2D eigenvalue weighted by molar-refractivity contribution is 7.98. The molecule has 0 saturated carbocycles. The normalized spacial score (nSPS) is 17.7. The van der Waals surface area contributed by atoms with Gasteiger partial charge in [-0.05, 0) is 61.1 Å². The molecule has 3 amide bonds. The summed E-state index contributed by atoms with van der Waals surface area (Å²) in [6, 6.07) is 7.63. The fourth-order valence-electron chi connectivity index (χ4n) is 3.95. The topological polar surface area (TPSA) is 151 Å². The molecule has 1 aliphatic rings. The summed E-state index contributed by atoms with van der Waals surface area (Å²) in [5, 5.41) is 15.5. The summed E-state index contributed by atoms with van der Waals surface area (Å²) in [7, 11) is -3.68. The molecular formula is C24H26F3N3O7S2. The largest absolute Gasteiger partial charge is 0.465 e. The zero-order valence-electron chi connectivity index (χ0n) is 20.6. The molecule has 212 valence electrons. The van der Waals surface area contributed by atoms with E-state index in [1.165, 1.54) is 23.9 Å². The maximum atomic E-state index is 13.1. The lowest BCUT2D eigenvalue weighted by molar-refractivity contribution is -0.137. The zero-order valence-corrected chi connectivity index (χ0v) is 22.2. The first-order valence-electron chi connectivity index (χ1n) is 11.5. The number of anilines is 1. The van der Waals surface area contributed by atoms with Crippen LogP contribution in [0.2, 0.25) is 0 Å². The summed E-state index contributed by atoms with van der Waals surface area (Å²) in [4.78, 5) is 37.2. The Labute approximate surface area is 226 Å². The molecule has 0 radical (unpaired) electrons. The standard InChI is InChI=1S/C24H26F3N3O7S2/c1-38-16-3-5-17(6-4-16)39(35,36)13-14-8-9-37-12-20(14)29-21(31)11-28-22(32)18-10-15(24(25,26)27)2-7-19(18)30-23(33)34/h2-7,10,14,20,30H,8-9,11-13H2,1H3,(H,28,32)(H,29,31)(H,33,34)/t14-,20-/m0/s1. The van der Waals surface area contributed by atoms with Gasteiger partial charge in [-0.1, -0.05) is 0 Å². The van der Waals surface area contributed by atoms with Crippen LogP contribution in [-0.4, -0.2) is 69.2 Å². The molecule has 10 nitrogen and oxygen atoms in total. The number of benzene rings is 2. The van der Waals surface area contributed by atoms with Crippen molar-refractivity contribution in [2.24, 2.45) is 5.92 Å². The molecule has 1 heterocycles. The van der Waals surface area contributed by atoms with Crippen molar-refractivity contribution in [2.75, 3.05) is 37.1 Å². The van der Waals surface area contributed by atoms with Gasteiger partial charge in [0.05, 0.1) is 46.7 Å². The third-order valence-corrected chi connectivity index (χ3v) is 8.54. The van der Waals surface area contributed by atoms with Crippen molar-refractivity contribution < 1.29 is 45.8 Å². The van der Waals surface area contributed by atoms with Gasteiger partial charge in [-0.25, -0.2) is 13.2 Å². The van der Waals surface area contributed by atoms with Crippen molar-refractivity contribution >= 4 is 45.2 Å². The molecule has 3 rings (SSSR count). The van der Waals surface area contributed by atoms with E-state index in [1.54, 1.807) is 12.1 Å². The van der Waals surface area contributed by atoms with E-state index in [4.69, 9.17) is 9.84 Å². The third-order valence-electron chi connectivity index (χ3n) is 5.94. The number of carboxylic acid groups (broad SMARTS) is 1. The maximum Gasteiger partial charge on any atom is 0.416 e. The van der Waals surface area contributed by atoms with Gasteiger partial charge < -0.3 is 20.5 Å². The van der Waals surface area contributed by atoms with Gasteiger partial charge in [-0.3, -0.25) is 14.9 Å². The first kappa shape index (κ1) is 30.2. The Balaban J connectivity index is 1.66. The number of nitrogens with one attached hydrogen (secondary N) is 3. The van der Waals surface area contributed by atoms with Crippen LogP contribution < -0.4 is 16.0 Å². The van der Waals surface area contributed by atoms with Crippen LogP contribution >= 0.6 is 11.8 Å². The SMILES string of the molecule is CSc1ccc(S(=O)(=O)C[C@@H]2CCOC[C@@H]2NC(=O)CNC(=O)c2cc(C(F)(F)F)ccc2NC(=O)O)cc1. The van der Waals surface area contributed by atoms with Crippen molar-refractivity contribution in [3.63, 3.8) is 0 Å². The number of ether oxygens (including phenoxy) is 1. The van der Waals surface area contributed by atoms with Gasteiger partial charge in [-0.2, -0.15) is 13.2 Å². The van der Waals surface area contributed by atoms with Gasteiger partial charge in [0, 0.05) is 11.5 Å². The van der Waals surface area contributed by atoms with Crippen molar-refractivity contribution in [3.05, 3.63) is 53.6 Å². The Kier molecular flexibility index (Phi) is 9.85. The molecule has 1 aliphatic heterocycles. The Bertz CT molecular complexity index is 1320. The van der Waals surface area contributed by atoms with E-state index in [0.717, 1.165) is 11.0 Å². The van der Waals surface area contributed by atoms with Crippen LogP contribution in [0.15, 0.2) is 52.3 Å². The maximum absolute atomic E-state index is 13.1. The highest BCUT2D eigenvalue weighted by Gasteiger charge is 2.33. The number of halogens is 3. The van der Waals surface area contributed by atoms with Gasteiger partial charge in [0.1, 0.15) is 0 Å². The number of hydrogen-bond acceptors (Lipinski definition) is 7. The fourth-order valence-corrected chi connectivity index (χ4v) is 6.06. The summed E-state index contributed by atoms with van der Waals surface area (Å²) in [6.07, 6.45) is -4.16. The summed E-state index contributed by atoms with van der Waals surface area (Å²) >= 11 is 1.47. The molecule has 2 aromatic carbocycles. The predicted octanol–water partition coefficient (Wildman–Crippen LogP) is 3.24. The van der Waals surface area contributed by atoms with Crippen LogP contribution in [0, 0.1) is 5.92 Å². The fraction of sp³-hybridized carbons (Fsp3) is 0.375. The quantitative estimate of drug-likeness (QED) is 0.326. The number of thioether (sulfide) groups is 1. The van der Waals surface area contributed by atoms with Crippen molar-refractivity contribution in [1.82, 2.24) is 10.6 Å². The minimum absolute atomic E-state index is 0.0333. The Morgan fingerprint density at radius 1 is 1.13 bits per heavy atom. The Morgan fingerprint density at radius 2 is 1.82 bits per heavy atom. The number of alkyl halides is 3. The lowest BCUT2D eigenvalue weighted by atomic mass is 9.97. The van der Waals surface area contributed by atoms with Gasteiger partial charge in [0.15, 0.2) is 9.84 Å². The van der Waals surface area contributed by atoms with Gasteiger partial charge >= 0.3 is 12.3 Å². The summed E-state index contributed by atoms with van der Waals surface area (Å²) < 4.78 is 70.6. The van der Waals surface area contributed by atoms with Crippen molar-refractivity contribution in [3.8, 4) is 0 Å². The van der Waals surface area contributed by atoms with Crippen molar-refractivity contribution in [2.45, 2.75) is 28.4 Å². The highest BCUT2D eigenvalue weighted by Crippen LogP contribution is 2.32. The molecule has 2 atom stereocenters. The first-order valence-corrected chi connectivity index (χ1v) is 14.4. The van der Waals surface area contributed by atoms with Crippen LogP contribution in [-0.2, 0) is 25.5 Å². The molecule has 39 heavy (non-hydrogen) atoms. The molecule has 15 heteroatoms. The number of carbonyl (C=O) groups is 3. The number of sulfone groups is 1. The summed E-state index contributed by atoms with van der Waals surface area (Å²) in [5.74, 6) is -2.59. The Morgan fingerprint density at radius 3 is 2.44 bits per heavy atom. The predicted molar refractivity (Wildman–Crippen MR) is 137 cm³/mol. The molecule has 0 unspecified atom stereocenters. The molecule has 0 aliphatic carbocycles. The average molecular weight is 590 g/mol. The second-order valence-electron chi connectivity index (χ2n) is 8.63. The van der Waals surface area contributed by atoms with Crippen molar-refractivity contribution in [1.29, 1.82) is 0 Å². The average Bonchev–Trinajstić information content (AvgIpc) is 2.87. The lowest BCUT2D eigenvalue weighted by Gasteiger charge is -2.32. The van der Waals surface area contributed by atoms with Crippen LogP contribution in [0.5, 0.6) is 0 Å². The zero-order chi connectivity index (χ0) is 28.8. The van der Waals surface area contributed by atoms with E-state index >= 15 is 0 Å². The molecule has 1 fully saturated rings. The third kappa shape index (κ3) is 8.34. The second kappa shape index (κ2) is 12.7. The van der Waals surface area contributed by atoms with Gasteiger partial charge in [0.25, 0.3) is 5.91 Å². The van der Waals surface area contributed by atoms with Gasteiger partial charge in [-0.15, -0.1) is 11.8 Å². The number of rotatable bonds is 9. The van der Waals surface area contributed by atoms with E-state index in [9.17, 15) is 36.0 Å². The molecule has 1 saturated heterocycles. The molecule has 0 aromatic heterocycles. The number of carbonyl (C=O) groups excluding carboxylic acids is 2. The monoisotopic (exact) mass is 589 g/mol. The van der Waals surface area contributed by atoms with Crippen LogP contribution in [0.4, 0.5) is 23.7 Å². The highest BCUT2D eigenvalue weighted by atomic mass is 32.2. The van der Waals surface area contributed by atoms with Crippen LogP contribution in [0.1, 0.15) is 22.3 Å². The number of hydrogen-bond donors (Lipinski definition) is 4. The van der Waals surface area contributed by atoms with E-state index in [0.29, 0.717) is 25.2 Å². The molecule has 0 spiro atoms. The minimum Gasteiger partial charge on any atom is -0.465 e. The summed E-state index contributed by atoms with van der Waals surface area (Å²) in [6.45, 7) is -0.330. The van der Waals surface area contributed by atoms with E-state index in [-0.39, 0.29) is 17.3 Å². The van der Waals surface area contributed by atoms with Gasteiger partial charge in [0.2, 0.25) is 5.91 Å². The van der Waals surface area contributed by atoms with Crippen LogP contribution in [0.25, 0.3) is 0 Å². The Hall–Kier alpha value is -3.30. The van der Waals surface area contributed by atoms with E-state index < -0.39 is 69.2 Å². The molecule has 4 N–H and O–H groups in total. The molecule has 2 aromatic rings. The molecule has 0 bridgehead atoms. The van der Waals surface area contributed by atoms with Crippen LogP contribution in [0.3, 0.4) is 0 Å². The summed E-state index contributed by atoms with van der Waals surface area (Å²) in [5.41, 5.74) is -2.21. The smallest absolute Gasteiger partial charge is 0.416 e. The second-order valence-corrected chi connectivity index (χ2v) is 11.5. The van der Waals surface area contributed by atoms with E-state index in [1.807, 2.05) is 11.6 Å². The lowest BCUT2D eigenvalue weighted by Crippen LogP contribution is -2.51. The minimum atomic E-state index is -4.79.